The van der Waals surface area contributed by atoms with Gasteiger partial charge in [0, 0.05) is 17.8 Å². The van der Waals surface area contributed by atoms with Crippen LogP contribution in [0.5, 0.6) is 0 Å². The van der Waals surface area contributed by atoms with Gasteiger partial charge >= 0.3 is 0 Å². The Morgan fingerprint density at radius 2 is 2.36 bits per heavy atom. The highest BCUT2D eigenvalue weighted by molar-refractivity contribution is 7.10. The van der Waals surface area contributed by atoms with Crippen molar-refractivity contribution in [2.45, 2.75) is 32.7 Å². The first kappa shape index (κ1) is 9.71. The predicted molar refractivity (Wildman–Crippen MR) is 61.0 cm³/mol. The highest BCUT2D eigenvalue weighted by Crippen LogP contribution is 2.20. The smallest absolute Gasteiger partial charge is 0.0960 e. The van der Waals surface area contributed by atoms with Crippen molar-refractivity contribution in [1.29, 1.82) is 5.41 Å². The number of hydrogen-bond donors (Lipinski definition) is 1. The van der Waals surface area contributed by atoms with E-state index in [0.29, 0.717) is 0 Å². The van der Waals surface area contributed by atoms with Crippen molar-refractivity contribution in [2.24, 2.45) is 0 Å². The Kier molecular flexibility index (Phi) is 2.87. The number of piperidine rings is 1. The Labute approximate surface area is 89.1 Å². The average molecular weight is 208 g/mol. The third-order valence-electron chi connectivity index (χ3n) is 2.78. The first-order chi connectivity index (χ1) is 6.77. The number of aryl methyl sites for hydroxylation is 1. The molecule has 0 spiro atoms. The molecule has 0 aliphatic carbocycles. The highest BCUT2D eigenvalue weighted by atomic mass is 32.1. The molecule has 1 N–H and O–H groups in total. The number of thiophene rings is 1. The summed E-state index contributed by atoms with van der Waals surface area (Å²) >= 11 is 1.81. The van der Waals surface area contributed by atoms with Gasteiger partial charge in [-0.2, -0.15) is 0 Å². The summed E-state index contributed by atoms with van der Waals surface area (Å²) in [5.74, 6) is 0.823. The molecule has 2 nitrogen and oxygen atoms in total. The van der Waals surface area contributed by atoms with E-state index in [2.05, 4.69) is 23.3 Å². The third-order valence-corrected chi connectivity index (χ3v) is 3.78. The van der Waals surface area contributed by atoms with E-state index in [4.69, 9.17) is 5.41 Å². The van der Waals surface area contributed by atoms with Crippen molar-refractivity contribution < 1.29 is 0 Å². The molecular weight excluding hydrogens is 192 g/mol. The molecular formula is C11H16N2S. The van der Waals surface area contributed by atoms with E-state index in [0.717, 1.165) is 25.3 Å². The Bertz CT molecular complexity index is 330. The van der Waals surface area contributed by atoms with Crippen LogP contribution in [0.4, 0.5) is 0 Å². The van der Waals surface area contributed by atoms with Gasteiger partial charge in [0.05, 0.1) is 12.4 Å². The zero-order valence-corrected chi connectivity index (χ0v) is 9.36. The fourth-order valence-electron chi connectivity index (χ4n) is 1.80. The van der Waals surface area contributed by atoms with Gasteiger partial charge in [0.2, 0.25) is 0 Å². The Morgan fingerprint density at radius 3 is 3.00 bits per heavy atom. The van der Waals surface area contributed by atoms with Crippen LogP contribution in [-0.2, 0) is 6.54 Å². The topological polar surface area (TPSA) is 27.1 Å². The van der Waals surface area contributed by atoms with Crippen LogP contribution in [0.15, 0.2) is 11.4 Å². The number of hydrogen-bond acceptors (Lipinski definition) is 2. The second kappa shape index (κ2) is 4.13. The Balaban J connectivity index is 2.03. The molecule has 2 rings (SSSR count). The molecule has 76 valence electrons. The standard InChI is InChI=1S/C11H16N2S/c1-9-5-7-14-10(9)8-13-6-3-2-4-11(13)12/h5,7,12H,2-4,6,8H2,1H3. The van der Waals surface area contributed by atoms with Gasteiger partial charge in [0.1, 0.15) is 0 Å². The molecule has 0 bridgehead atoms. The van der Waals surface area contributed by atoms with Crippen LogP contribution in [-0.4, -0.2) is 17.3 Å². The molecule has 1 aliphatic rings. The first-order valence-electron chi connectivity index (χ1n) is 5.13. The molecule has 2 heterocycles. The number of nitrogens with one attached hydrogen (secondary N) is 1. The number of likely N-dealkylation sites (tertiary alicyclic amines) is 1. The molecule has 1 aromatic rings. The molecule has 0 saturated carbocycles. The molecule has 1 saturated heterocycles. The molecule has 14 heavy (non-hydrogen) atoms. The van der Waals surface area contributed by atoms with E-state index in [1.54, 1.807) is 11.3 Å². The average Bonchev–Trinajstić information content (AvgIpc) is 2.56. The maximum Gasteiger partial charge on any atom is 0.0960 e. The molecule has 1 aromatic heterocycles. The van der Waals surface area contributed by atoms with E-state index in [-0.39, 0.29) is 0 Å². The zero-order chi connectivity index (χ0) is 9.97. The van der Waals surface area contributed by atoms with Crippen LogP contribution < -0.4 is 0 Å². The van der Waals surface area contributed by atoms with Gasteiger partial charge < -0.3 is 4.90 Å². The highest BCUT2D eigenvalue weighted by Gasteiger charge is 2.15. The molecule has 0 aromatic carbocycles. The summed E-state index contributed by atoms with van der Waals surface area (Å²) in [6.45, 7) is 4.16. The summed E-state index contributed by atoms with van der Waals surface area (Å²) in [6, 6.07) is 2.16. The van der Waals surface area contributed by atoms with Gasteiger partial charge in [-0.3, -0.25) is 5.41 Å². The van der Waals surface area contributed by atoms with Crippen molar-refractivity contribution >= 4 is 17.2 Å². The van der Waals surface area contributed by atoms with Crippen molar-refractivity contribution in [2.75, 3.05) is 6.54 Å². The lowest BCUT2D eigenvalue weighted by Crippen LogP contribution is -2.34. The maximum atomic E-state index is 7.85. The summed E-state index contributed by atoms with van der Waals surface area (Å²) in [7, 11) is 0. The molecule has 1 fully saturated rings. The van der Waals surface area contributed by atoms with Gasteiger partial charge in [-0.15, -0.1) is 11.3 Å². The molecule has 0 unspecified atom stereocenters. The quantitative estimate of drug-likeness (QED) is 0.794. The second-order valence-corrected chi connectivity index (χ2v) is 4.85. The first-order valence-corrected chi connectivity index (χ1v) is 6.00. The van der Waals surface area contributed by atoms with E-state index in [1.807, 2.05) is 0 Å². The number of amidine groups is 1. The van der Waals surface area contributed by atoms with Gasteiger partial charge in [0.15, 0.2) is 0 Å². The second-order valence-electron chi connectivity index (χ2n) is 3.85. The van der Waals surface area contributed by atoms with Crippen LogP contribution in [0.25, 0.3) is 0 Å². The largest absolute Gasteiger partial charge is 0.355 e. The van der Waals surface area contributed by atoms with Crippen LogP contribution in [0.3, 0.4) is 0 Å². The Hall–Kier alpha value is -0.830. The minimum Gasteiger partial charge on any atom is -0.355 e. The molecule has 3 heteroatoms. The summed E-state index contributed by atoms with van der Waals surface area (Å²) in [5.41, 5.74) is 1.37. The van der Waals surface area contributed by atoms with E-state index in [9.17, 15) is 0 Å². The predicted octanol–water partition coefficient (Wildman–Crippen LogP) is 3.02. The lowest BCUT2D eigenvalue weighted by molar-refractivity contribution is 0.363. The molecule has 0 amide bonds. The van der Waals surface area contributed by atoms with Gasteiger partial charge in [0.25, 0.3) is 0 Å². The van der Waals surface area contributed by atoms with E-state index in [1.165, 1.54) is 23.3 Å². The molecule has 1 aliphatic heterocycles. The fourth-order valence-corrected chi connectivity index (χ4v) is 2.72. The summed E-state index contributed by atoms with van der Waals surface area (Å²) in [6.07, 6.45) is 3.40. The minimum absolute atomic E-state index is 0.823. The van der Waals surface area contributed by atoms with Gasteiger partial charge in [-0.1, -0.05) is 0 Å². The van der Waals surface area contributed by atoms with Gasteiger partial charge in [-0.25, -0.2) is 0 Å². The lowest BCUT2D eigenvalue weighted by atomic mass is 10.1. The normalized spacial score (nSPS) is 17.5. The fraction of sp³-hybridized carbons (Fsp3) is 0.545. The Morgan fingerprint density at radius 1 is 1.50 bits per heavy atom. The monoisotopic (exact) mass is 208 g/mol. The van der Waals surface area contributed by atoms with Crippen molar-refractivity contribution in [3.05, 3.63) is 21.9 Å². The SMILES string of the molecule is Cc1ccsc1CN1CCCCC1=N. The minimum atomic E-state index is 0.823. The van der Waals surface area contributed by atoms with Crippen LogP contribution in [0, 0.1) is 12.3 Å². The maximum absolute atomic E-state index is 7.85. The van der Waals surface area contributed by atoms with Crippen molar-refractivity contribution in [1.82, 2.24) is 4.90 Å². The van der Waals surface area contributed by atoms with Crippen molar-refractivity contribution in [3.63, 3.8) is 0 Å². The summed E-state index contributed by atoms with van der Waals surface area (Å²) in [5, 5.41) is 9.99. The number of nitrogens with zero attached hydrogens (tertiary/aromatic N) is 1. The van der Waals surface area contributed by atoms with E-state index < -0.39 is 0 Å². The van der Waals surface area contributed by atoms with Crippen LogP contribution >= 0.6 is 11.3 Å². The molecule has 0 radical (unpaired) electrons. The number of rotatable bonds is 2. The van der Waals surface area contributed by atoms with Gasteiger partial charge in [-0.05, 0) is 36.8 Å². The zero-order valence-electron chi connectivity index (χ0n) is 8.55. The molecule has 0 atom stereocenters. The van der Waals surface area contributed by atoms with Crippen molar-refractivity contribution in [3.8, 4) is 0 Å². The summed E-state index contributed by atoms with van der Waals surface area (Å²) in [4.78, 5) is 3.62. The van der Waals surface area contributed by atoms with Crippen LogP contribution in [0.1, 0.15) is 29.7 Å². The lowest BCUT2D eigenvalue weighted by Gasteiger charge is -2.29. The third kappa shape index (κ3) is 1.98. The summed E-state index contributed by atoms with van der Waals surface area (Å²) < 4.78 is 0. The van der Waals surface area contributed by atoms with Crippen LogP contribution in [0.2, 0.25) is 0 Å². The van der Waals surface area contributed by atoms with E-state index >= 15 is 0 Å².